The molecule has 0 saturated carbocycles. The first-order valence-electron chi connectivity index (χ1n) is 13.1. The largest absolute Gasteiger partial charge is 0.481 e. The molecule has 4 rings (SSSR count). The molecule has 0 fully saturated rings. The van der Waals surface area contributed by atoms with Gasteiger partial charge in [-0.15, -0.1) is 0 Å². The molecule has 3 aromatic carbocycles. The second-order valence-corrected chi connectivity index (χ2v) is 10.6. The molecule has 5 heteroatoms. The summed E-state index contributed by atoms with van der Waals surface area (Å²) in [6.45, 7) is 4.04. The zero-order valence-corrected chi connectivity index (χ0v) is 21.7. The number of aliphatic hydroxyl groups is 2. The standard InChI is InChI=1S/C32H37NO4/c1-31(2,30(35)36)24-18-16-23(17-19-24)29(34)15-9-14-28-22-27(20-21-33-28)32(37,25-10-5-3-6-11-25)26-12-7-4-8-13-26/h3-8,10-13,16-19,27,29,34,37H,9,14-15,20-22H2,1-2H3,(H,35,36). The van der Waals surface area contributed by atoms with E-state index in [0.29, 0.717) is 18.5 Å². The third kappa shape index (κ3) is 5.84. The van der Waals surface area contributed by atoms with Crippen LogP contribution in [-0.2, 0) is 15.8 Å². The lowest BCUT2D eigenvalue weighted by atomic mass is 9.71. The highest BCUT2D eigenvalue weighted by Gasteiger charge is 2.41. The summed E-state index contributed by atoms with van der Waals surface area (Å²) >= 11 is 0. The molecule has 1 aliphatic rings. The Labute approximate surface area is 219 Å². The van der Waals surface area contributed by atoms with Crippen LogP contribution in [0.5, 0.6) is 0 Å². The highest BCUT2D eigenvalue weighted by molar-refractivity contribution is 5.85. The van der Waals surface area contributed by atoms with E-state index in [1.165, 1.54) is 0 Å². The summed E-state index contributed by atoms with van der Waals surface area (Å²) in [7, 11) is 0. The lowest BCUT2D eigenvalue weighted by Gasteiger charge is -2.39. The summed E-state index contributed by atoms with van der Waals surface area (Å²) in [5.74, 6) is -0.862. The third-order valence-electron chi connectivity index (χ3n) is 7.81. The van der Waals surface area contributed by atoms with Gasteiger partial charge < -0.3 is 15.3 Å². The van der Waals surface area contributed by atoms with Gasteiger partial charge in [-0.2, -0.15) is 0 Å². The smallest absolute Gasteiger partial charge is 0.313 e. The predicted octanol–water partition coefficient (Wildman–Crippen LogP) is 6.04. The molecule has 37 heavy (non-hydrogen) atoms. The molecule has 0 aromatic heterocycles. The van der Waals surface area contributed by atoms with Crippen molar-refractivity contribution >= 4 is 11.7 Å². The van der Waals surface area contributed by atoms with Gasteiger partial charge in [0.1, 0.15) is 5.60 Å². The van der Waals surface area contributed by atoms with Gasteiger partial charge in [0.15, 0.2) is 0 Å². The fourth-order valence-corrected chi connectivity index (χ4v) is 5.30. The van der Waals surface area contributed by atoms with Gasteiger partial charge in [0.05, 0.1) is 11.5 Å². The first-order chi connectivity index (χ1) is 17.7. The van der Waals surface area contributed by atoms with Crippen molar-refractivity contribution in [3.8, 4) is 0 Å². The number of carboxylic acids is 1. The van der Waals surface area contributed by atoms with E-state index < -0.39 is 23.1 Å². The summed E-state index contributed by atoms with van der Waals surface area (Å²) in [5, 5.41) is 32.3. The van der Waals surface area contributed by atoms with Crippen LogP contribution < -0.4 is 0 Å². The Kier molecular flexibility index (Phi) is 8.25. The summed E-state index contributed by atoms with van der Waals surface area (Å²) in [4.78, 5) is 16.3. The Morgan fingerprint density at radius 1 is 0.919 bits per heavy atom. The van der Waals surface area contributed by atoms with Gasteiger partial charge in [-0.1, -0.05) is 84.9 Å². The van der Waals surface area contributed by atoms with Gasteiger partial charge in [0.2, 0.25) is 0 Å². The number of hydrogen-bond acceptors (Lipinski definition) is 4. The molecule has 0 spiro atoms. The van der Waals surface area contributed by atoms with Crippen LogP contribution in [0.4, 0.5) is 0 Å². The number of carboxylic acid groups (broad SMARTS) is 1. The zero-order chi connectivity index (χ0) is 26.5. The lowest BCUT2D eigenvalue weighted by Crippen LogP contribution is -2.39. The topological polar surface area (TPSA) is 90.1 Å². The van der Waals surface area contributed by atoms with Gasteiger partial charge >= 0.3 is 5.97 Å². The molecule has 1 aliphatic heterocycles. The van der Waals surface area contributed by atoms with E-state index in [0.717, 1.165) is 48.1 Å². The maximum absolute atomic E-state index is 12.1. The van der Waals surface area contributed by atoms with Crippen molar-refractivity contribution < 1.29 is 20.1 Å². The number of hydrogen-bond donors (Lipinski definition) is 3. The Morgan fingerprint density at radius 3 is 2.03 bits per heavy atom. The SMILES string of the molecule is CC(C)(C(=O)O)c1ccc(C(O)CCCC2=NCCC(C(O)(c3ccccc3)c3ccccc3)C2)cc1. The van der Waals surface area contributed by atoms with Crippen LogP contribution in [0.15, 0.2) is 89.9 Å². The minimum absolute atomic E-state index is 0.0138. The maximum atomic E-state index is 12.1. The Hall–Kier alpha value is -3.28. The first kappa shape index (κ1) is 26.8. The van der Waals surface area contributed by atoms with Crippen LogP contribution >= 0.6 is 0 Å². The fraction of sp³-hybridized carbons (Fsp3) is 0.375. The molecule has 0 bridgehead atoms. The average molecular weight is 500 g/mol. The van der Waals surface area contributed by atoms with E-state index in [2.05, 4.69) is 0 Å². The van der Waals surface area contributed by atoms with Crippen LogP contribution in [0.25, 0.3) is 0 Å². The van der Waals surface area contributed by atoms with E-state index in [1.807, 2.05) is 72.8 Å². The molecule has 0 radical (unpaired) electrons. The molecule has 3 N–H and O–H groups in total. The third-order valence-corrected chi connectivity index (χ3v) is 7.81. The summed E-state index contributed by atoms with van der Waals surface area (Å²) in [6, 6.07) is 27.0. The van der Waals surface area contributed by atoms with Crippen LogP contribution in [0, 0.1) is 5.92 Å². The van der Waals surface area contributed by atoms with Crippen molar-refractivity contribution in [3.63, 3.8) is 0 Å². The van der Waals surface area contributed by atoms with Crippen LogP contribution in [0.2, 0.25) is 0 Å². The first-order valence-corrected chi connectivity index (χ1v) is 13.1. The number of carbonyl (C=O) groups is 1. The minimum atomic E-state index is -1.09. The highest BCUT2D eigenvalue weighted by atomic mass is 16.4. The quantitative estimate of drug-likeness (QED) is 0.317. The van der Waals surface area contributed by atoms with Gasteiger partial charge in [-0.25, -0.2) is 0 Å². The van der Waals surface area contributed by atoms with Gasteiger partial charge in [0, 0.05) is 18.2 Å². The summed E-state index contributed by atoms with van der Waals surface area (Å²) in [6.07, 6.45) is 3.06. The predicted molar refractivity (Wildman–Crippen MR) is 147 cm³/mol. The van der Waals surface area contributed by atoms with Gasteiger partial charge in [-0.3, -0.25) is 9.79 Å². The lowest BCUT2D eigenvalue weighted by molar-refractivity contribution is -0.142. The average Bonchev–Trinajstić information content (AvgIpc) is 2.93. The molecule has 0 aliphatic carbocycles. The molecule has 2 unspecified atom stereocenters. The number of aliphatic imine (C=N–C) groups is 1. The van der Waals surface area contributed by atoms with Gasteiger partial charge in [0.25, 0.3) is 0 Å². The molecule has 3 aromatic rings. The maximum Gasteiger partial charge on any atom is 0.313 e. The summed E-state index contributed by atoms with van der Waals surface area (Å²) in [5.41, 5.74) is 2.33. The van der Waals surface area contributed by atoms with Crippen LogP contribution in [-0.4, -0.2) is 33.5 Å². The normalized spacial score (nSPS) is 17.2. The van der Waals surface area contributed by atoms with E-state index in [1.54, 1.807) is 26.0 Å². The van der Waals surface area contributed by atoms with Gasteiger partial charge in [-0.05, 0) is 68.2 Å². The second kappa shape index (κ2) is 11.4. The number of aliphatic hydroxyl groups excluding tert-OH is 1. The van der Waals surface area contributed by atoms with E-state index >= 15 is 0 Å². The Morgan fingerprint density at radius 2 is 1.49 bits per heavy atom. The molecule has 194 valence electrons. The molecule has 0 amide bonds. The molecular weight excluding hydrogens is 462 g/mol. The van der Waals surface area contributed by atoms with Crippen molar-refractivity contribution in [2.24, 2.45) is 10.9 Å². The molecule has 1 heterocycles. The van der Waals surface area contributed by atoms with Crippen molar-refractivity contribution in [1.82, 2.24) is 0 Å². The van der Waals surface area contributed by atoms with E-state index in [9.17, 15) is 20.1 Å². The second-order valence-electron chi connectivity index (χ2n) is 10.6. The van der Waals surface area contributed by atoms with Crippen molar-refractivity contribution in [2.75, 3.05) is 6.54 Å². The number of nitrogens with zero attached hydrogens (tertiary/aromatic N) is 1. The van der Waals surface area contributed by atoms with Crippen molar-refractivity contribution in [3.05, 3.63) is 107 Å². The number of rotatable bonds is 10. The number of aliphatic carboxylic acids is 1. The van der Waals surface area contributed by atoms with Crippen LogP contribution in [0.3, 0.4) is 0 Å². The van der Waals surface area contributed by atoms with Crippen molar-refractivity contribution in [2.45, 2.75) is 63.1 Å². The fourth-order valence-electron chi connectivity index (χ4n) is 5.30. The Balaban J connectivity index is 1.40. The van der Waals surface area contributed by atoms with Crippen LogP contribution in [0.1, 0.15) is 74.3 Å². The number of benzene rings is 3. The molecule has 2 atom stereocenters. The molecular formula is C32H37NO4. The highest BCUT2D eigenvalue weighted by Crippen LogP contribution is 2.42. The van der Waals surface area contributed by atoms with E-state index in [4.69, 9.17) is 4.99 Å². The molecule has 0 saturated heterocycles. The van der Waals surface area contributed by atoms with Crippen molar-refractivity contribution in [1.29, 1.82) is 0 Å². The zero-order valence-electron chi connectivity index (χ0n) is 21.7. The minimum Gasteiger partial charge on any atom is -0.481 e. The summed E-state index contributed by atoms with van der Waals surface area (Å²) < 4.78 is 0. The monoisotopic (exact) mass is 499 g/mol. The molecule has 5 nitrogen and oxygen atoms in total. The Bertz CT molecular complexity index is 1160. The van der Waals surface area contributed by atoms with E-state index in [-0.39, 0.29) is 5.92 Å².